The van der Waals surface area contributed by atoms with E-state index in [1.54, 1.807) is 6.08 Å². The number of aliphatic hydroxyl groups excluding tert-OH is 5. The zero-order valence-electron chi connectivity index (χ0n) is 57.5. The maximum atomic E-state index is 13.5. The summed E-state index contributed by atoms with van der Waals surface area (Å²) >= 11 is 0. The molecule has 8 atom stereocenters. The molecule has 1 amide bonds. The van der Waals surface area contributed by atoms with Crippen LogP contribution < -0.4 is 5.32 Å². The molecule has 0 saturated carbocycles. The second-order valence-corrected chi connectivity index (χ2v) is 25.7. The summed E-state index contributed by atoms with van der Waals surface area (Å²) in [5.41, 5.74) is 0. The van der Waals surface area contributed by atoms with Gasteiger partial charge in [0.05, 0.1) is 25.4 Å². The third-order valence-corrected chi connectivity index (χ3v) is 17.3. The molecule has 89 heavy (non-hydrogen) atoms. The van der Waals surface area contributed by atoms with Crippen LogP contribution in [0.3, 0.4) is 0 Å². The van der Waals surface area contributed by atoms with Crippen molar-refractivity contribution in [2.45, 2.75) is 384 Å². The molecule has 0 aliphatic carbocycles. The van der Waals surface area contributed by atoms with Gasteiger partial charge in [-0.3, -0.25) is 9.59 Å². The molecule has 8 unspecified atom stereocenters. The summed E-state index contributed by atoms with van der Waals surface area (Å²) in [4.78, 5) is 26.7. The summed E-state index contributed by atoms with van der Waals surface area (Å²) in [6.07, 6.45) is 76.2. The molecule has 1 heterocycles. The maximum absolute atomic E-state index is 13.5. The smallest absolute Gasteiger partial charge is 0.306 e. The SMILES string of the molecule is CCCCC/C=C\C/C=C\C/C=C\C/C=C\CCCCCCCCCCC(O)C(=O)NC(COC1OC(CO)C(O)C(O)C1OC(=O)CCCCCCCCCCCCCCCCC/C=C\C/C=C\CCCCC)C(O)/C=C/CCCCCCCCCCC. The molecule has 0 radical (unpaired) electrons. The summed E-state index contributed by atoms with van der Waals surface area (Å²) in [6.45, 7) is 5.76. The quantitative estimate of drug-likeness (QED) is 0.0195. The number of hydrogen-bond donors (Lipinski definition) is 6. The molecular formula is C78H139NO10. The van der Waals surface area contributed by atoms with Gasteiger partial charge in [0.2, 0.25) is 5.91 Å². The Morgan fingerprint density at radius 3 is 1.18 bits per heavy atom. The summed E-state index contributed by atoms with van der Waals surface area (Å²) in [5.74, 6) is -1.19. The Balaban J connectivity index is 2.53. The van der Waals surface area contributed by atoms with Crippen molar-refractivity contribution in [2.24, 2.45) is 0 Å². The monoisotopic (exact) mass is 1250 g/mol. The lowest BCUT2D eigenvalue weighted by molar-refractivity contribution is -0.305. The molecule has 11 nitrogen and oxygen atoms in total. The highest BCUT2D eigenvalue weighted by molar-refractivity contribution is 5.80. The van der Waals surface area contributed by atoms with Gasteiger partial charge in [0, 0.05) is 6.42 Å². The van der Waals surface area contributed by atoms with Crippen LogP contribution in [0.4, 0.5) is 0 Å². The molecule has 1 rings (SSSR count). The maximum Gasteiger partial charge on any atom is 0.306 e. The predicted molar refractivity (Wildman–Crippen MR) is 375 cm³/mol. The minimum absolute atomic E-state index is 0.122. The number of hydrogen-bond acceptors (Lipinski definition) is 10. The molecule has 0 aromatic carbocycles. The van der Waals surface area contributed by atoms with Crippen LogP contribution in [0.25, 0.3) is 0 Å². The summed E-state index contributed by atoms with van der Waals surface area (Å²) in [5, 5.41) is 57.3. The fraction of sp³-hybridized carbons (Fsp3) is 0.795. The lowest BCUT2D eigenvalue weighted by atomic mass is 9.99. The summed E-state index contributed by atoms with van der Waals surface area (Å²) < 4.78 is 17.7. The van der Waals surface area contributed by atoms with Gasteiger partial charge < -0.3 is 45.1 Å². The van der Waals surface area contributed by atoms with Gasteiger partial charge in [-0.2, -0.15) is 0 Å². The van der Waals surface area contributed by atoms with E-state index in [-0.39, 0.29) is 19.4 Å². The standard InChI is InChI=1S/C78H139NO10/c1-4-7-10-13-16-19-22-24-26-28-30-32-34-36-38-40-42-44-46-48-51-54-57-60-63-66-73(83)89-76-75(85)74(84)72(67-80)88-78(76)87-68-69(70(81)64-61-58-55-52-49-21-18-15-12-9-6-3)79-77(86)71(82)65-62-59-56-53-50-47-45-43-41-39-37-35-33-31-29-27-25-23-20-17-14-11-8-5-2/h16-17,19-20,24-27,31,33,37,39,61,64,69-72,74-76,78,80-82,84-85H,4-15,18,21-23,28-30,32,34-36,38,40-60,62-63,65-68H2,1-3H3,(H,79,86)/b19-16-,20-17-,26-24-,27-25-,33-31-,39-37-,64-61+. The molecule has 0 spiro atoms. The Labute approximate surface area is 546 Å². The van der Waals surface area contributed by atoms with E-state index in [1.165, 1.54) is 199 Å². The number of aliphatic hydroxyl groups is 5. The van der Waals surface area contributed by atoms with E-state index in [9.17, 15) is 35.1 Å². The molecular weight excluding hydrogens is 1110 g/mol. The number of esters is 1. The van der Waals surface area contributed by atoms with E-state index in [0.717, 1.165) is 89.9 Å². The Morgan fingerprint density at radius 1 is 0.438 bits per heavy atom. The molecule has 516 valence electrons. The van der Waals surface area contributed by atoms with Gasteiger partial charge >= 0.3 is 5.97 Å². The number of nitrogens with one attached hydrogen (secondary N) is 1. The third-order valence-electron chi connectivity index (χ3n) is 17.3. The van der Waals surface area contributed by atoms with Crippen LogP contribution in [0.1, 0.15) is 335 Å². The first kappa shape index (κ1) is 83.9. The van der Waals surface area contributed by atoms with Gasteiger partial charge in [0.1, 0.15) is 24.4 Å². The van der Waals surface area contributed by atoms with Gasteiger partial charge in [0.15, 0.2) is 12.4 Å². The minimum atomic E-state index is -1.62. The van der Waals surface area contributed by atoms with Crippen LogP contribution in [0.2, 0.25) is 0 Å². The van der Waals surface area contributed by atoms with Crippen LogP contribution in [0, 0.1) is 0 Å². The van der Waals surface area contributed by atoms with Crippen molar-refractivity contribution in [1.82, 2.24) is 5.32 Å². The Bertz CT molecular complexity index is 1780. The fourth-order valence-corrected chi connectivity index (χ4v) is 11.4. The van der Waals surface area contributed by atoms with E-state index in [1.807, 2.05) is 6.08 Å². The van der Waals surface area contributed by atoms with E-state index in [0.29, 0.717) is 12.8 Å². The summed E-state index contributed by atoms with van der Waals surface area (Å²) in [6, 6.07) is -1.03. The van der Waals surface area contributed by atoms with E-state index < -0.39 is 67.4 Å². The van der Waals surface area contributed by atoms with Gasteiger partial charge in [-0.1, -0.05) is 311 Å². The second-order valence-electron chi connectivity index (χ2n) is 25.7. The highest BCUT2D eigenvalue weighted by Gasteiger charge is 2.47. The molecule has 0 aromatic rings. The van der Waals surface area contributed by atoms with Gasteiger partial charge in [-0.05, 0) is 103 Å². The first-order valence-electron chi connectivity index (χ1n) is 37.4. The number of ether oxygens (including phenoxy) is 3. The molecule has 6 N–H and O–H groups in total. The Morgan fingerprint density at radius 2 is 0.775 bits per heavy atom. The number of amides is 1. The van der Waals surface area contributed by atoms with E-state index in [2.05, 4.69) is 99.0 Å². The first-order valence-corrected chi connectivity index (χ1v) is 37.4. The number of allylic oxidation sites excluding steroid dienone is 13. The van der Waals surface area contributed by atoms with Crippen molar-refractivity contribution in [2.75, 3.05) is 13.2 Å². The average molecular weight is 1250 g/mol. The third kappa shape index (κ3) is 52.0. The molecule has 11 heteroatoms. The highest BCUT2D eigenvalue weighted by atomic mass is 16.7. The van der Waals surface area contributed by atoms with Gasteiger partial charge in [-0.15, -0.1) is 0 Å². The number of rotatable bonds is 64. The van der Waals surface area contributed by atoms with Crippen LogP contribution in [0.15, 0.2) is 85.1 Å². The molecule has 1 saturated heterocycles. The van der Waals surface area contributed by atoms with Crippen molar-refractivity contribution in [3.05, 3.63) is 85.1 Å². The van der Waals surface area contributed by atoms with Crippen LogP contribution in [0.5, 0.6) is 0 Å². The average Bonchev–Trinajstić information content (AvgIpc) is 3.72. The minimum Gasteiger partial charge on any atom is -0.454 e. The largest absolute Gasteiger partial charge is 0.454 e. The van der Waals surface area contributed by atoms with Crippen LogP contribution >= 0.6 is 0 Å². The zero-order valence-corrected chi connectivity index (χ0v) is 57.5. The fourth-order valence-electron chi connectivity index (χ4n) is 11.4. The summed E-state index contributed by atoms with van der Waals surface area (Å²) in [7, 11) is 0. The highest BCUT2D eigenvalue weighted by Crippen LogP contribution is 2.26. The van der Waals surface area contributed by atoms with Crippen molar-refractivity contribution < 1.29 is 49.3 Å². The lowest BCUT2D eigenvalue weighted by Crippen LogP contribution is -2.61. The van der Waals surface area contributed by atoms with Crippen molar-refractivity contribution >= 4 is 11.9 Å². The number of unbranched alkanes of at least 4 members (excludes halogenated alkanes) is 38. The Kier molecular flexibility index (Phi) is 61.2. The van der Waals surface area contributed by atoms with E-state index >= 15 is 0 Å². The molecule has 1 aliphatic heterocycles. The number of carbonyl (C=O) groups is 2. The van der Waals surface area contributed by atoms with Crippen molar-refractivity contribution in [3.8, 4) is 0 Å². The van der Waals surface area contributed by atoms with Gasteiger partial charge in [0.25, 0.3) is 0 Å². The number of carbonyl (C=O) groups excluding carboxylic acids is 2. The topological polar surface area (TPSA) is 175 Å². The first-order chi connectivity index (χ1) is 43.7. The second kappa shape index (κ2) is 64.9. The normalized spacial score (nSPS) is 18.6. The molecule has 1 fully saturated rings. The van der Waals surface area contributed by atoms with Crippen molar-refractivity contribution in [3.63, 3.8) is 0 Å². The van der Waals surface area contributed by atoms with Crippen LogP contribution in [-0.2, 0) is 23.8 Å². The van der Waals surface area contributed by atoms with Crippen molar-refractivity contribution in [1.29, 1.82) is 0 Å². The molecule has 0 bridgehead atoms. The van der Waals surface area contributed by atoms with Gasteiger partial charge in [-0.25, -0.2) is 0 Å². The molecule has 1 aliphatic rings. The lowest BCUT2D eigenvalue weighted by Gasteiger charge is -2.41. The zero-order chi connectivity index (χ0) is 64.6. The Hall–Kier alpha value is -3.16. The molecule has 0 aromatic heterocycles. The van der Waals surface area contributed by atoms with Crippen LogP contribution in [-0.4, -0.2) is 99.6 Å². The van der Waals surface area contributed by atoms with E-state index in [4.69, 9.17) is 14.2 Å². The predicted octanol–water partition coefficient (Wildman–Crippen LogP) is 19.6.